The molecule has 0 aromatic heterocycles. The molecule has 2 aliphatic carbocycles. The van der Waals surface area contributed by atoms with Crippen molar-refractivity contribution < 1.29 is 4.43 Å². The monoisotopic (exact) mass is 226 g/mol. The third-order valence-electron chi connectivity index (χ3n) is 5.21. The third-order valence-corrected chi connectivity index (χ3v) is 6.20. The molecule has 2 bridgehead atoms. The molecule has 2 aliphatic rings. The Balaban J connectivity index is 2.19. The fourth-order valence-electron chi connectivity index (χ4n) is 3.74. The van der Waals surface area contributed by atoms with Gasteiger partial charge in [-0.25, -0.2) is 0 Å². The lowest BCUT2D eigenvalue weighted by atomic mass is 9.70. The summed E-state index contributed by atoms with van der Waals surface area (Å²) in [6, 6.07) is 0. The molecule has 2 saturated carbocycles. The fourth-order valence-corrected chi connectivity index (χ4v) is 4.95. The first kappa shape index (κ1) is 11.7. The minimum absolute atomic E-state index is 0.442. The maximum absolute atomic E-state index is 6.41. The first-order valence-corrected chi connectivity index (χ1v) is 9.75. The van der Waals surface area contributed by atoms with Gasteiger partial charge in [0, 0.05) is 0 Å². The van der Waals surface area contributed by atoms with Gasteiger partial charge in [0.1, 0.15) is 0 Å². The Morgan fingerprint density at radius 3 is 2.07 bits per heavy atom. The number of rotatable bonds is 2. The second kappa shape index (κ2) is 3.10. The summed E-state index contributed by atoms with van der Waals surface area (Å²) in [6.45, 7) is 14.3. The first-order chi connectivity index (χ1) is 6.67. The Labute approximate surface area is 95.7 Å². The molecule has 0 aromatic carbocycles. The standard InChI is InChI=1S/C13H26OSi/c1-12(2)10-7-8-13(12,3)11(9-10)14-15(4,5)6/h10-11H,7-9H2,1-6H3/t10-,11-,13+/m1/s1. The van der Waals surface area contributed by atoms with E-state index in [9.17, 15) is 0 Å². The second-order valence-electron chi connectivity index (χ2n) is 7.33. The summed E-state index contributed by atoms with van der Waals surface area (Å²) in [5.74, 6) is 0.906. The molecule has 88 valence electrons. The van der Waals surface area contributed by atoms with Gasteiger partial charge >= 0.3 is 0 Å². The maximum Gasteiger partial charge on any atom is 0.184 e. The molecule has 15 heavy (non-hydrogen) atoms. The van der Waals surface area contributed by atoms with E-state index in [-0.39, 0.29) is 0 Å². The highest BCUT2D eigenvalue weighted by molar-refractivity contribution is 6.69. The van der Waals surface area contributed by atoms with Crippen LogP contribution in [0, 0.1) is 16.7 Å². The van der Waals surface area contributed by atoms with E-state index in [0.717, 1.165) is 5.92 Å². The smallest absolute Gasteiger partial charge is 0.184 e. The Hall–Kier alpha value is 0.177. The van der Waals surface area contributed by atoms with Crippen molar-refractivity contribution in [3.05, 3.63) is 0 Å². The van der Waals surface area contributed by atoms with E-state index >= 15 is 0 Å². The van der Waals surface area contributed by atoms with Gasteiger partial charge in [-0.15, -0.1) is 0 Å². The van der Waals surface area contributed by atoms with Gasteiger partial charge in [0.25, 0.3) is 0 Å². The van der Waals surface area contributed by atoms with Crippen LogP contribution in [-0.2, 0) is 4.43 Å². The van der Waals surface area contributed by atoms with E-state index in [1.165, 1.54) is 19.3 Å². The van der Waals surface area contributed by atoms with E-state index in [1.807, 2.05) is 0 Å². The lowest BCUT2D eigenvalue weighted by Crippen LogP contribution is -2.42. The Kier molecular flexibility index (Phi) is 2.41. The average molecular weight is 226 g/mol. The first-order valence-electron chi connectivity index (χ1n) is 6.35. The maximum atomic E-state index is 6.41. The quantitative estimate of drug-likeness (QED) is 0.645. The lowest BCUT2D eigenvalue weighted by Gasteiger charge is -2.41. The molecule has 0 unspecified atom stereocenters. The van der Waals surface area contributed by atoms with E-state index in [0.29, 0.717) is 16.9 Å². The normalized spacial score (nSPS) is 43.6. The van der Waals surface area contributed by atoms with Crippen molar-refractivity contribution in [2.24, 2.45) is 16.7 Å². The molecule has 0 saturated heterocycles. The van der Waals surface area contributed by atoms with E-state index < -0.39 is 8.32 Å². The molecule has 0 radical (unpaired) electrons. The summed E-state index contributed by atoms with van der Waals surface area (Å²) in [5, 5.41) is 0. The van der Waals surface area contributed by atoms with Crippen LogP contribution in [-0.4, -0.2) is 14.4 Å². The van der Waals surface area contributed by atoms with E-state index in [4.69, 9.17) is 4.43 Å². The van der Waals surface area contributed by atoms with Gasteiger partial charge < -0.3 is 4.43 Å². The summed E-state index contributed by atoms with van der Waals surface area (Å²) in [7, 11) is -1.37. The third kappa shape index (κ3) is 1.61. The van der Waals surface area contributed by atoms with Crippen molar-refractivity contribution in [3.8, 4) is 0 Å². The van der Waals surface area contributed by atoms with Crippen LogP contribution in [0.4, 0.5) is 0 Å². The zero-order chi connectivity index (χ0) is 11.5. The van der Waals surface area contributed by atoms with Gasteiger partial charge in [-0.2, -0.15) is 0 Å². The molecule has 0 aromatic rings. The predicted octanol–water partition coefficient (Wildman–Crippen LogP) is 4.05. The number of hydrogen-bond donors (Lipinski definition) is 0. The fraction of sp³-hybridized carbons (Fsp3) is 1.00. The number of hydrogen-bond acceptors (Lipinski definition) is 1. The molecule has 1 nitrogen and oxygen atoms in total. The molecule has 3 atom stereocenters. The van der Waals surface area contributed by atoms with Crippen molar-refractivity contribution in [3.63, 3.8) is 0 Å². The van der Waals surface area contributed by atoms with Gasteiger partial charge in [-0.3, -0.25) is 0 Å². The van der Waals surface area contributed by atoms with Gasteiger partial charge in [-0.1, -0.05) is 20.8 Å². The van der Waals surface area contributed by atoms with Crippen LogP contribution >= 0.6 is 0 Å². The summed E-state index contributed by atoms with van der Waals surface area (Å²) in [5.41, 5.74) is 0.940. The van der Waals surface area contributed by atoms with Crippen LogP contribution in [0.5, 0.6) is 0 Å². The summed E-state index contributed by atoms with van der Waals surface area (Å²) < 4.78 is 6.41. The molecule has 2 fully saturated rings. The van der Waals surface area contributed by atoms with Crippen LogP contribution in [0.2, 0.25) is 19.6 Å². The van der Waals surface area contributed by atoms with Crippen molar-refractivity contribution in [1.82, 2.24) is 0 Å². The molecule has 0 amide bonds. The molecule has 0 spiro atoms. The molecule has 2 heteroatoms. The average Bonchev–Trinajstić information content (AvgIpc) is 2.34. The predicted molar refractivity (Wildman–Crippen MR) is 67.4 cm³/mol. The topological polar surface area (TPSA) is 9.23 Å². The Bertz CT molecular complexity index is 266. The number of fused-ring (bicyclic) bond motifs is 2. The highest BCUT2D eigenvalue weighted by Crippen LogP contribution is 2.66. The van der Waals surface area contributed by atoms with Crippen LogP contribution in [0.25, 0.3) is 0 Å². The highest BCUT2D eigenvalue weighted by Gasteiger charge is 2.62. The zero-order valence-corrected chi connectivity index (χ0v) is 12.2. The highest BCUT2D eigenvalue weighted by atomic mass is 28.4. The Morgan fingerprint density at radius 2 is 1.73 bits per heavy atom. The molecular weight excluding hydrogens is 200 g/mol. The van der Waals surface area contributed by atoms with Crippen molar-refractivity contribution >= 4 is 8.32 Å². The second-order valence-corrected chi connectivity index (χ2v) is 11.8. The van der Waals surface area contributed by atoms with Gasteiger partial charge in [0.2, 0.25) is 0 Å². The summed E-state index contributed by atoms with van der Waals surface area (Å²) in [4.78, 5) is 0. The van der Waals surface area contributed by atoms with Crippen LogP contribution in [0.3, 0.4) is 0 Å². The van der Waals surface area contributed by atoms with Crippen molar-refractivity contribution in [2.45, 2.75) is 65.8 Å². The summed E-state index contributed by atoms with van der Waals surface area (Å²) in [6.07, 6.45) is 4.65. The van der Waals surface area contributed by atoms with Gasteiger partial charge in [0.15, 0.2) is 8.32 Å². The minimum Gasteiger partial charge on any atom is -0.414 e. The molecule has 2 rings (SSSR count). The SMILES string of the molecule is CC1(C)[C@@H]2CC[C@@]1(C)[C@H](O[Si](C)(C)C)C2. The lowest BCUT2D eigenvalue weighted by molar-refractivity contribution is 0.0251. The minimum atomic E-state index is -1.37. The van der Waals surface area contributed by atoms with Gasteiger partial charge in [0.05, 0.1) is 6.10 Å². The molecular formula is C13H26OSi. The van der Waals surface area contributed by atoms with E-state index in [2.05, 4.69) is 40.4 Å². The molecule has 0 heterocycles. The van der Waals surface area contributed by atoms with Gasteiger partial charge in [-0.05, 0) is 55.7 Å². The van der Waals surface area contributed by atoms with Crippen LogP contribution in [0.1, 0.15) is 40.0 Å². The van der Waals surface area contributed by atoms with Crippen LogP contribution in [0.15, 0.2) is 0 Å². The van der Waals surface area contributed by atoms with Crippen molar-refractivity contribution in [2.75, 3.05) is 0 Å². The van der Waals surface area contributed by atoms with Crippen molar-refractivity contribution in [1.29, 1.82) is 0 Å². The van der Waals surface area contributed by atoms with Crippen LogP contribution < -0.4 is 0 Å². The Morgan fingerprint density at radius 1 is 1.13 bits per heavy atom. The molecule has 0 aliphatic heterocycles. The van der Waals surface area contributed by atoms with E-state index in [1.54, 1.807) is 0 Å². The summed E-state index contributed by atoms with van der Waals surface area (Å²) >= 11 is 0. The zero-order valence-electron chi connectivity index (χ0n) is 11.2. The largest absolute Gasteiger partial charge is 0.414 e. The molecule has 0 N–H and O–H groups in total.